The normalized spacial score (nSPS) is 12.3. The maximum absolute atomic E-state index is 9.05. The highest BCUT2D eigenvalue weighted by Crippen LogP contribution is 2.37. The van der Waals surface area contributed by atoms with Gasteiger partial charge in [-0.15, -0.1) is 11.8 Å². The van der Waals surface area contributed by atoms with Crippen LogP contribution in [0.5, 0.6) is 11.5 Å². The van der Waals surface area contributed by atoms with Gasteiger partial charge in [0.2, 0.25) is 0 Å². The molecule has 90 valence electrons. The molecule has 0 saturated carbocycles. The van der Waals surface area contributed by atoms with Gasteiger partial charge in [0.1, 0.15) is 11.5 Å². The molecule has 3 nitrogen and oxygen atoms in total. The van der Waals surface area contributed by atoms with E-state index in [2.05, 4.69) is 0 Å². The van der Waals surface area contributed by atoms with Crippen molar-refractivity contribution in [2.45, 2.75) is 24.0 Å². The Kier molecular flexibility index (Phi) is 4.96. The fourth-order valence-electron chi connectivity index (χ4n) is 1.37. The summed E-state index contributed by atoms with van der Waals surface area (Å²) in [5.41, 5.74) is 1.04. The lowest BCUT2D eigenvalue weighted by Crippen LogP contribution is -2.02. The molecule has 0 heterocycles. The summed E-state index contributed by atoms with van der Waals surface area (Å²) in [6.45, 7) is 4.09. The molecule has 0 aliphatic heterocycles. The Morgan fingerprint density at radius 2 is 1.88 bits per heavy atom. The van der Waals surface area contributed by atoms with Crippen LogP contribution in [0.25, 0.3) is 0 Å². The van der Waals surface area contributed by atoms with Crippen LogP contribution < -0.4 is 9.47 Å². The Hall–Kier alpha value is -0.870. The molecule has 1 N–H and O–H groups in total. The first-order valence-electron chi connectivity index (χ1n) is 5.12. The van der Waals surface area contributed by atoms with Gasteiger partial charge in [-0.25, -0.2) is 0 Å². The zero-order valence-electron chi connectivity index (χ0n) is 10.1. The minimum absolute atomic E-state index is 0.140. The number of thioether (sulfide) groups is 1. The van der Waals surface area contributed by atoms with E-state index in [9.17, 15) is 0 Å². The van der Waals surface area contributed by atoms with Gasteiger partial charge >= 0.3 is 0 Å². The molecule has 4 heteroatoms. The smallest absolute Gasteiger partial charge is 0.132 e. The monoisotopic (exact) mass is 242 g/mol. The van der Waals surface area contributed by atoms with Gasteiger partial charge in [0.15, 0.2) is 0 Å². The number of hydrogen-bond acceptors (Lipinski definition) is 4. The third-order valence-electron chi connectivity index (χ3n) is 2.27. The number of aliphatic hydroxyl groups excluding tert-OH is 1. The van der Waals surface area contributed by atoms with E-state index in [0.29, 0.717) is 0 Å². The molecular formula is C12H18O3S. The van der Waals surface area contributed by atoms with Gasteiger partial charge in [-0.05, 0) is 24.6 Å². The minimum Gasteiger partial charge on any atom is -0.496 e. The molecule has 1 aromatic carbocycles. The molecule has 0 aromatic heterocycles. The molecule has 0 aliphatic carbocycles. The minimum atomic E-state index is 0.140. The maximum atomic E-state index is 9.05. The first-order valence-corrected chi connectivity index (χ1v) is 6.00. The van der Waals surface area contributed by atoms with Gasteiger partial charge in [0.05, 0.1) is 25.7 Å². The van der Waals surface area contributed by atoms with Crippen LogP contribution in [0.15, 0.2) is 17.0 Å². The van der Waals surface area contributed by atoms with Crippen LogP contribution >= 0.6 is 11.8 Å². The van der Waals surface area contributed by atoms with Gasteiger partial charge in [0, 0.05) is 5.25 Å². The number of aliphatic hydroxyl groups is 1. The molecule has 16 heavy (non-hydrogen) atoms. The first-order chi connectivity index (χ1) is 7.62. The summed E-state index contributed by atoms with van der Waals surface area (Å²) in [7, 11) is 3.30. The third-order valence-corrected chi connectivity index (χ3v) is 3.39. The van der Waals surface area contributed by atoms with Gasteiger partial charge < -0.3 is 14.6 Å². The lowest BCUT2D eigenvalue weighted by molar-refractivity contribution is 0.300. The summed E-state index contributed by atoms with van der Waals surface area (Å²) in [5, 5.41) is 9.19. The van der Waals surface area contributed by atoms with Crippen molar-refractivity contribution in [3.05, 3.63) is 17.7 Å². The van der Waals surface area contributed by atoms with Gasteiger partial charge in [-0.3, -0.25) is 0 Å². The van der Waals surface area contributed by atoms with Crippen LogP contribution in [0.2, 0.25) is 0 Å². The van der Waals surface area contributed by atoms with Crippen molar-refractivity contribution in [2.24, 2.45) is 0 Å². The van der Waals surface area contributed by atoms with E-state index in [1.165, 1.54) is 0 Å². The molecule has 0 fully saturated rings. The van der Waals surface area contributed by atoms with E-state index in [1.54, 1.807) is 26.0 Å². The molecule has 1 atom stereocenters. The number of hydrogen-bond donors (Lipinski definition) is 1. The predicted octanol–water partition coefficient (Wildman–Crippen LogP) is 2.49. The van der Waals surface area contributed by atoms with Crippen LogP contribution in [0.4, 0.5) is 0 Å². The molecule has 0 radical (unpaired) electrons. The highest BCUT2D eigenvalue weighted by Gasteiger charge is 2.12. The second-order valence-electron chi connectivity index (χ2n) is 3.58. The molecule has 0 aliphatic rings. The molecule has 1 aromatic rings. The van der Waals surface area contributed by atoms with Crippen LogP contribution in [0.1, 0.15) is 12.5 Å². The van der Waals surface area contributed by atoms with Gasteiger partial charge in [-0.1, -0.05) is 6.92 Å². The van der Waals surface area contributed by atoms with Gasteiger partial charge in [0.25, 0.3) is 0 Å². The van der Waals surface area contributed by atoms with Crippen molar-refractivity contribution in [1.29, 1.82) is 0 Å². The third kappa shape index (κ3) is 3.06. The molecule has 0 amide bonds. The second kappa shape index (κ2) is 6.01. The molecule has 0 bridgehead atoms. The Labute approximate surface area is 101 Å². The molecule has 1 unspecified atom stereocenters. The lowest BCUT2D eigenvalue weighted by Gasteiger charge is -2.14. The zero-order chi connectivity index (χ0) is 12.1. The SMILES string of the molecule is COc1cc(SC(C)CO)c(OC)cc1C. The highest BCUT2D eigenvalue weighted by atomic mass is 32.2. The van der Waals surface area contributed by atoms with Crippen LogP contribution in [0.3, 0.4) is 0 Å². The Balaban J connectivity index is 3.04. The molecular weight excluding hydrogens is 224 g/mol. The standard InChI is InChI=1S/C12H18O3S/c1-8-5-11(15-4)12(6-10(8)14-3)16-9(2)7-13/h5-6,9,13H,7H2,1-4H3. The zero-order valence-corrected chi connectivity index (χ0v) is 10.9. The number of methoxy groups -OCH3 is 2. The Morgan fingerprint density at radius 1 is 1.25 bits per heavy atom. The second-order valence-corrected chi connectivity index (χ2v) is 5.06. The van der Waals surface area contributed by atoms with Gasteiger partial charge in [-0.2, -0.15) is 0 Å². The summed E-state index contributed by atoms with van der Waals surface area (Å²) >= 11 is 1.58. The molecule has 1 rings (SSSR count). The van der Waals surface area contributed by atoms with E-state index < -0.39 is 0 Å². The van der Waals surface area contributed by atoms with Crippen LogP contribution in [-0.2, 0) is 0 Å². The van der Waals surface area contributed by atoms with E-state index in [-0.39, 0.29) is 11.9 Å². The summed E-state index contributed by atoms with van der Waals surface area (Å²) in [5.74, 6) is 1.66. The Morgan fingerprint density at radius 3 is 2.38 bits per heavy atom. The van der Waals surface area contributed by atoms with Crippen molar-refractivity contribution in [2.75, 3.05) is 20.8 Å². The lowest BCUT2D eigenvalue weighted by atomic mass is 10.2. The van der Waals surface area contributed by atoms with Crippen molar-refractivity contribution in [3.8, 4) is 11.5 Å². The topological polar surface area (TPSA) is 38.7 Å². The van der Waals surface area contributed by atoms with Crippen molar-refractivity contribution in [3.63, 3.8) is 0 Å². The predicted molar refractivity (Wildman–Crippen MR) is 66.7 cm³/mol. The quantitative estimate of drug-likeness (QED) is 0.805. The van der Waals surface area contributed by atoms with Crippen molar-refractivity contribution in [1.82, 2.24) is 0 Å². The molecule has 0 spiro atoms. The van der Waals surface area contributed by atoms with E-state index in [1.807, 2.05) is 26.0 Å². The Bertz CT molecular complexity index is 352. The summed E-state index contributed by atoms with van der Waals surface area (Å²) in [6, 6.07) is 3.90. The average Bonchev–Trinajstić information content (AvgIpc) is 2.30. The van der Waals surface area contributed by atoms with E-state index in [4.69, 9.17) is 14.6 Å². The van der Waals surface area contributed by atoms with Crippen LogP contribution in [0, 0.1) is 6.92 Å². The molecule has 0 saturated heterocycles. The summed E-state index contributed by atoms with van der Waals surface area (Å²) in [4.78, 5) is 0.992. The maximum Gasteiger partial charge on any atom is 0.132 e. The van der Waals surface area contributed by atoms with Crippen molar-refractivity contribution >= 4 is 11.8 Å². The number of benzene rings is 1. The first kappa shape index (κ1) is 13.2. The van der Waals surface area contributed by atoms with Crippen LogP contribution in [-0.4, -0.2) is 31.2 Å². The van der Waals surface area contributed by atoms with E-state index >= 15 is 0 Å². The summed E-state index contributed by atoms with van der Waals surface area (Å²) < 4.78 is 10.6. The fraction of sp³-hybridized carbons (Fsp3) is 0.500. The largest absolute Gasteiger partial charge is 0.496 e. The summed E-state index contributed by atoms with van der Waals surface area (Å²) in [6.07, 6.45) is 0. The number of rotatable bonds is 5. The number of ether oxygens (including phenoxy) is 2. The highest BCUT2D eigenvalue weighted by molar-refractivity contribution is 8.00. The number of aryl methyl sites for hydroxylation is 1. The fourth-order valence-corrected chi connectivity index (χ4v) is 2.31. The van der Waals surface area contributed by atoms with E-state index in [0.717, 1.165) is 22.0 Å². The van der Waals surface area contributed by atoms with Crippen molar-refractivity contribution < 1.29 is 14.6 Å². The average molecular weight is 242 g/mol.